The monoisotopic (exact) mass is 412 g/mol. The van der Waals surface area contributed by atoms with E-state index in [2.05, 4.69) is 4.18 Å². The van der Waals surface area contributed by atoms with E-state index >= 15 is 0 Å². The van der Waals surface area contributed by atoms with Gasteiger partial charge in [0.2, 0.25) is 5.60 Å². The van der Waals surface area contributed by atoms with Crippen molar-refractivity contribution in [2.75, 3.05) is 0 Å². The van der Waals surface area contributed by atoms with Crippen molar-refractivity contribution in [3.63, 3.8) is 0 Å². The molecule has 1 atom stereocenters. The second kappa shape index (κ2) is 6.83. The summed E-state index contributed by atoms with van der Waals surface area (Å²) in [6.07, 6.45) is -9.97. The number of rotatable bonds is 4. The summed E-state index contributed by atoms with van der Waals surface area (Å²) in [4.78, 5) is -0.504. The molecule has 0 aliphatic rings. The molecule has 2 rings (SSSR count). The fourth-order valence-electron chi connectivity index (χ4n) is 2.21. The number of hydrogen-bond acceptors (Lipinski definition) is 3. The van der Waals surface area contributed by atoms with Crippen molar-refractivity contribution in [2.45, 2.75) is 36.7 Å². The predicted molar refractivity (Wildman–Crippen MR) is 84.3 cm³/mol. The van der Waals surface area contributed by atoms with Gasteiger partial charge in [0.05, 0.1) is 10.5 Å². The minimum atomic E-state index is -5.22. The molecule has 0 fully saturated rings. The van der Waals surface area contributed by atoms with Gasteiger partial charge in [-0.05, 0) is 43.7 Å². The smallest absolute Gasteiger partial charge is 0.245 e. The van der Waals surface area contributed by atoms with Gasteiger partial charge >= 0.3 is 12.4 Å². The van der Waals surface area contributed by atoms with Crippen molar-refractivity contribution < 1.29 is 38.9 Å². The molecule has 27 heavy (non-hydrogen) atoms. The van der Waals surface area contributed by atoms with Crippen LogP contribution in [0.2, 0.25) is 0 Å². The van der Waals surface area contributed by atoms with Gasteiger partial charge in [-0.15, -0.1) is 0 Å². The average Bonchev–Trinajstić information content (AvgIpc) is 2.53. The zero-order chi connectivity index (χ0) is 20.7. The minimum Gasteiger partial charge on any atom is -0.245 e. The first-order chi connectivity index (χ1) is 12.2. The Morgan fingerprint density at radius 1 is 0.778 bits per heavy atom. The maximum absolute atomic E-state index is 13.6. The lowest BCUT2D eigenvalue weighted by molar-refractivity contribution is -0.246. The quantitative estimate of drug-likeness (QED) is 0.512. The molecule has 0 N–H and O–H groups in total. The van der Waals surface area contributed by atoms with Crippen LogP contribution in [-0.4, -0.2) is 14.6 Å². The highest BCUT2D eigenvalue weighted by atomic mass is 32.2. The van der Waals surface area contributed by atoms with Crippen LogP contribution in [0.25, 0.3) is 0 Å². The lowest BCUT2D eigenvalue weighted by atomic mass is 9.94. The molecule has 2 aromatic carbocycles. The summed E-state index contributed by atoms with van der Waals surface area (Å²) in [6.45, 7) is 2.10. The van der Waals surface area contributed by atoms with E-state index < -0.39 is 44.1 Å². The predicted octanol–water partition coefficient (Wildman–Crippen LogP) is 5.20. The van der Waals surface area contributed by atoms with E-state index in [4.69, 9.17) is 0 Å². The van der Waals surface area contributed by atoms with Crippen LogP contribution in [0.1, 0.15) is 23.6 Å². The van der Waals surface area contributed by atoms with Crippen LogP contribution in [0.15, 0.2) is 53.4 Å². The van der Waals surface area contributed by atoms with E-state index in [0.29, 0.717) is 36.8 Å². The maximum Gasteiger partial charge on any atom is 0.422 e. The molecule has 148 valence electrons. The Balaban J connectivity index is 2.50. The molecule has 0 bridgehead atoms. The highest BCUT2D eigenvalue weighted by Gasteiger charge is 2.56. The molecular weight excluding hydrogens is 398 g/mol. The Bertz CT molecular complexity index is 900. The lowest BCUT2D eigenvalue weighted by Crippen LogP contribution is -2.43. The van der Waals surface area contributed by atoms with Crippen LogP contribution < -0.4 is 0 Å². The first-order valence-electron chi connectivity index (χ1n) is 7.43. The van der Waals surface area contributed by atoms with Gasteiger partial charge in [-0.1, -0.05) is 29.8 Å². The van der Waals surface area contributed by atoms with Crippen molar-refractivity contribution in [3.8, 4) is 0 Å². The summed E-state index contributed by atoms with van der Waals surface area (Å²) in [5, 5.41) is 0. The molecule has 3 nitrogen and oxygen atoms in total. The second-order valence-corrected chi connectivity index (χ2v) is 7.50. The molecule has 0 saturated carbocycles. The topological polar surface area (TPSA) is 43.4 Å². The van der Waals surface area contributed by atoms with Crippen molar-refractivity contribution in [1.82, 2.24) is 0 Å². The van der Waals surface area contributed by atoms with E-state index in [1.807, 2.05) is 0 Å². The number of hydrogen-bond donors (Lipinski definition) is 0. The van der Waals surface area contributed by atoms with Gasteiger partial charge in [0.25, 0.3) is 10.1 Å². The zero-order valence-corrected chi connectivity index (χ0v) is 14.8. The van der Waals surface area contributed by atoms with Crippen LogP contribution in [-0.2, 0) is 26.1 Å². The summed E-state index contributed by atoms with van der Waals surface area (Å²) in [6, 6.07) is 6.85. The summed E-state index contributed by atoms with van der Waals surface area (Å²) >= 11 is 0. The van der Waals surface area contributed by atoms with Crippen molar-refractivity contribution in [3.05, 3.63) is 65.2 Å². The molecule has 0 radical (unpaired) electrons. The molecule has 1 unspecified atom stereocenters. The van der Waals surface area contributed by atoms with Crippen LogP contribution in [0.4, 0.5) is 26.3 Å². The van der Waals surface area contributed by atoms with E-state index in [-0.39, 0.29) is 0 Å². The third kappa shape index (κ3) is 4.44. The highest BCUT2D eigenvalue weighted by molar-refractivity contribution is 7.86. The molecule has 0 aromatic heterocycles. The van der Waals surface area contributed by atoms with Crippen LogP contribution in [0.5, 0.6) is 0 Å². The van der Waals surface area contributed by atoms with Crippen molar-refractivity contribution >= 4 is 10.1 Å². The average molecular weight is 412 g/mol. The molecule has 0 spiro atoms. The minimum absolute atomic E-state index is 0.432. The first-order valence-corrected chi connectivity index (χ1v) is 8.84. The maximum atomic E-state index is 13.6. The summed E-state index contributed by atoms with van der Waals surface area (Å²) in [5.41, 5.74) is -4.65. The Morgan fingerprint density at radius 3 is 1.63 bits per heavy atom. The molecular formula is C17H14F6O3S. The van der Waals surface area contributed by atoms with E-state index in [1.165, 1.54) is 12.1 Å². The van der Waals surface area contributed by atoms with Crippen LogP contribution in [0.3, 0.4) is 0 Å². The van der Waals surface area contributed by atoms with Crippen molar-refractivity contribution in [2.24, 2.45) is 0 Å². The van der Waals surface area contributed by atoms with Gasteiger partial charge in [0.15, 0.2) is 0 Å². The molecule has 0 aliphatic heterocycles. The normalized spacial score (nSPS) is 15.4. The molecule has 0 amide bonds. The molecule has 0 heterocycles. The Labute approximate surface area is 151 Å². The standard InChI is InChI=1S/C17H14F6O3S/c1-11-3-9-14(10-4-11)27(24,25)26-15(2,17(21,22)23)12-5-7-13(8-6-12)16(18,19)20/h3-10H,1-2H3. The van der Waals surface area contributed by atoms with Crippen LogP contribution in [0, 0.1) is 6.92 Å². The number of alkyl halides is 6. The Hall–Kier alpha value is -2.07. The highest BCUT2D eigenvalue weighted by Crippen LogP contribution is 2.44. The third-order valence-electron chi connectivity index (χ3n) is 3.89. The summed E-state index contributed by atoms with van der Waals surface area (Å²) in [7, 11) is -4.85. The largest absolute Gasteiger partial charge is 0.422 e. The molecule has 0 saturated heterocycles. The fourth-order valence-corrected chi connectivity index (χ4v) is 3.40. The Kier molecular flexibility index (Phi) is 5.37. The summed E-state index contributed by atoms with van der Waals surface area (Å²) < 4.78 is 108. The molecule has 10 heteroatoms. The van der Waals surface area contributed by atoms with Gasteiger partial charge < -0.3 is 0 Å². The van der Waals surface area contributed by atoms with Gasteiger partial charge in [-0.2, -0.15) is 34.8 Å². The SMILES string of the molecule is Cc1ccc(S(=O)(=O)OC(C)(c2ccc(C(F)(F)F)cc2)C(F)(F)F)cc1. The number of halogens is 6. The van der Waals surface area contributed by atoms with Gasteiger partial charge in [0, 0.05) is 0 Å². The van der Waals surface area contributed by atoms with Gasteiger partial charge in [0.1, 0.15) is 0 Å². The first kappa shape index (κ1) is 21.2. The zero-order valence-electron chi connectivity index (χ0n) is 14.0. The fraction of sp³-hybridized carbons (Fsp3) is 0.294. The second-order valence-electron chi connectivity index (χ2n) is 5.96. The Morgan fingerprint density at radius 2 is 1.22 bits per heavy atom. The summed E-state index contributed by atoms with van der Waals surface area (Å²) in [5.74, 6) is 0. The third-order valence-corrected chi connectivity index (χ3v) is 5.29. The van der Waals surface area contributed by atoms with Crippen LogP contribution >= 0.6 is 0 Å². The van der Waals surface area contributed by atoms with Gasteiger partial charge in [-0.25, -0.2) is 4.18 Å². The van der Waals surface area contributed by atoms with E-state index in [0.717, 1.165) is 12.1 Å². The van der Waals surface area contributed by atoms with Gasteiger partial charge in [-0.3, -0.25) is 0 Å². The van der Waals surface area contributed by atoms with E-state index in [1.54, 1.807) is 6.92 Å². The van der Waals surface area contributed by atoms with Crippen molar-refractivity contribution in [1.29, 1.82) is 0 Å². The molecule has 0 aliphatic carbocycles. The molecule has 2 aromatic rings. The number of aryl methyl sites for hydroxylation is 1. The lowest BCUT2D eigenvalue weighted by Gasteiger charge is -2.31. The number of benzene rings is 2. The van der Waals surface area contributed by atoms with E-state index in [9.17, 15) is 34.8 Å².